The van der Waals surface area contributed by atoms with Crippen molar-refractivity contribution in [3.05, 3.63) is 55.1 Å². The molecule has 0 saturated carbocycles. The molecule has 0 amide bonds. The van der Waals surface area contributed by atoms with Crippen LogP contribution >= 0.6 is 47.8 Å². The van der Waals surface area contributed by atoms with Gasteiger partial charge in [-0.3, -0.25) is 4.98 Å². The standard InChI is InChI=1S/C14H13Br3N2O/c1-20-8-10-11(16)3-2-4-13(10)19-7-14-12(17)5-9(15)6-18-14/h2-6,19H,7-8H2,1H3. The first kappa shape index (κ1) is 15.9. The van der Waals surface area contributed by atoms with Crippen molar-refractivity contribution in [2.24, 2.45) is 0 Å². The Bertz CT molecular complexity index is 605. The van der Waals surface area contributed by atoms with Crippen LogP contribution in [0.4, 0.5) is 5.69 Å². The number of hydrogen-bond acceptors (Lipinski definition) is 3. The largest absolute Gasteiger partial charge is 0.380 e. The molecule has 1 aromatic heterocycles. The van der Waals surface area contributed by atoms with E-state index in [0.29, 0.717) is 13.2 Å². The summed E-state index contributed by atoms with van der Waals surface area (Å²) in [5, 5.41) is 3.40. The van der Waals surface area contributed by atoms with Crippen LogP contribution in [0.2, 0.25) is 0 Å². The summed E-state index contributed by atoms with van der Waals surface area (Å²) >= 11 is 10.5. The van der Waals surface area contributed by atoms with E-state index in [-0.39, 0.29) is 0 Å². The Morgan fingerprint density at radius 1 is 1.20 bits per heavy atom. The van der Waals surface area contributed by atoms with Gasteiger partial charge in [-0.05, 0) is 50.1 Å². The molecule has 0 aliphatic rings. The molecule has 0 aliphatic heterocycles. The van der Waals surface area contributed by atoms with Crippen molar-refractivity contribution >= 4 is 53.5 Å². The Morgan fingerprint density at radius 3 is 2.70 bits per heavy atom. The Balaban J connectivity index is 2.16. The average Bonchev–Trinajstić information content (AvgIpc) is 2.41. The van der Waals surface area contributed by atoms with Crippen molar-refractivity contribution in [1.82, 2.24) is 4.98 Å². The number of ether oxygens (including phenoxy) is 1. The van der Waals surface area contributed by atoms with Gasteiger partial charge in [0.05, 0.1) is 18.8 Å². The first-order valence-corrected chi connectivity index (χ1v) is 8.30. The van der Waals surface area contributed by atoms with Crippen LogP contribution in [0.25, 0.3) is 0 Å². The monoisotopic (exact) mass is 462 g/mol. The molecule has 1 heterocycles. The van der Waals surface area contributed by atoms with Gasteiger partial charge in [0.15, 0.2) is 0 Å². The molecule has 0 fully saturated rings. The maximum Gasteiger partial charge on any atom is 0.0744 e. The fraction of sp³-hybridized carbons (Fsp3) is 0.214. The van der Waals surface area contributed by atoms with Gasteiger partial charge in [-0.25, -0.2) is 0 Å². The van der Waals surface area contributed by atoms with Gasteiger partial charge in [-0.1, -0.05) is 22.0 Å². The Morgan fingerprint density at radius 2 is 2.00 bits per heavy atom. The summed E-state index contributed by atoms with van der Waals surface area (Å²) in [4.78, 5) is 4.39. The zero-order valence-electron chi connectivity index (χ0n) is 10.8. The third kappa shape index (κ3) is 4.04. The van der Waals surface area contributed by atoms with Gasteiger partial charge in [0.25, 0.3) is 0 Å². The number of benzene rings is 1. The average molecular weight is 465 g/mol. The van der Waals surface area contributed by atoms with E-state index in [2.05, 4.69) is 58.1 Å². The minimum absolute atomic E-state index is 0.554. The number of anilines is 1. The lowest BCUT2D eigenvalue weighted by molar-refractivity contribution is 0.185. The summed E-state index contributed by atoms with van der Waals surface area (Å²) in [6, 6.07) is 8.02. The van der Waals surface area contributed by atoms with Gasteiger partial charge < -0.3 is 10.1 Å². The maximum atomic E-state index is 5.24. The third-order valence-corrected chi connectivity index (χ3v) is 4.60. The Kier molecular flexibility index (Phi) is 6.01. The fourth-order valence-electron chi connectivity index (χ4n) is 1.77. The molecular formula is C14H13Br3N2O. The van der Waals surface area contributed by atoms with E-state index < -0.39 is 0 Å². The van der Waals surface area contributed by atoms with E-state index in [1.807, 2.05) is 24.3 Å². The van der Waals surface area contributed by atoms with Crippen molar-refractivity contribution < 1.29 is 4.74 Å². The molecular weight excluding hydrogens is 452 g/mol. The number of hydrogen-bond donors (Lipinski definition) is 1. The first-order valence-electron chi connectivity index (χ1n) is 5.92. The predicted octanol–water partition coefficient (Wildman–Crippen LogP) is 5.13. The van der Waals surface area contributed by atoms with Crippen molar-refractivity contribution in [1.29, 1.82) is 0 Å². The topological polar surface area (TPSA) is 34.1 Å². The van der Waals surface area contributed by atoms with E-state index in [4.69, 9.17) is 4.74 Å². The minimum Gasteiger partial charge on any atom is -0.380 e. The van der Waals surface area contributed by atoms with Crippen LogP contribution < -0.4 is 5.32 Å². The fourth-order valence-corrected chi connectivity index (χ4v) is 3.38. The van der Waals surface area contributed by atoms with E-state index in [0.717, 1.165) is 30.4 Å². The lowest BCUT2D eigenvalue weighted by atomic mass is 10.2. The molecule has 0 aliphatic carbocycles. The Labute approximate surface area is 143 Å². The minimum atomic E-state index is 0.554. The second-order valence-corrected chi connectivity index (χ2v) is 6.76. The highest BCUT2D eigenvalue weighted by molar-refractivity contribution is 9.11. The molecule has 106 valence electrons. The maximum absolute atomic E-state index is 5.24. The highest BCUT2D eigenvalue weighted by Gasteiger charge is 2.08. The van der Waals surface area contributed by atoms with Gasteiger partial charge in [-0.2, -0.15) is 0 Å². The zero-order valence-corrected chi connectivity index (χ0v) is 15.5. The number of methoxy groups -OCH3 is 1. The van der Waals surface area contributed by atoms with Crippen LogP contribution in [0.5, 0.6) is 0 Å². The van der Waals surface area contributed by atoms with E-state index >= 15 is 0 Å². The summed E-state index contributed by atoms with van der Waals surface area (Å²) in [6.07, 6.45) is 1.79. The quantitative estimate of drug-likeness (QED) is 0.666. The normalized spacial score (nSPS) is 10.6. The smallest absolute Gasteiger partial charge is 0.0744 e. The van der Waals surface area contributed by atoms with Gasteiger partial charge >= 0.3 is 0 Å². The van der Waals surface area contributed by atoms with E-state index in [9.17, 15) is 0 Å². The SMILES string of the molecule is COCc1c(Br)cccc1NCc1ncc(Br)cc1Br. The van der Waals surface area contributed by atoms with Gasteiger partial charge in [0, 0.05) is 38.0 Å². The van der Waals surface area contributed by atoms with Crippen LogP contribution in [0.1, 0.15) is 11.3 Å². The highest BCUT2D eigenvalue weighted by Crippen LogP contribution is 2.27. The molecule has 0 bridgehead atoms. The van der Waals surface area contributed by atoms with Crippen molar-refractivity contribution in [3.63, 3.8) is 0 Å². The summed E-state index contributed by atoms with van der Waals surface area (Å²) in [7, 11) is 1.69. The second kappa shape index (κ2) is 7.54. The molecule has 0 atom stereocenters. The van der Waals surface area contributed by atoms with Gasteiger partial charge in [0.1, 0.15) is 0 Å². The summed E-state index contributed by atoms with van der Waals surface area (Å²) in [5.41, 5.74) is 3.10. The summed E-state index contributed by atoms with van der Waals surface area (Å²) in [6.45, 7) is 1.19. The lowest BCUT2D eigenvalue weighted by Crippen LogP contribution is -2.05. The highest BCUT2D eigenvalue weighted by atomic mass is 79.9. The molecule has 20 heavy (non-hydrogen) atoms. The van der Waals surface area contributed by atoms with E-state index in [1.165, 1.54) is 0 Å². The third-order valence-electron chi connectivity index (χ3n) is 2.74. The van der Waals surface area contributed by atoms with E-state index in [1.54, 1.807) is 13.3 Å². The second-order valence-electron chi connectivity index (χ2n) is 4.13. The molecule has 0 spiro atoms. The van der Waals surface area contributed by atoms with Crippen LogP contribution in [0.15, 0.2) is 43.9 Å². The molecule has 1 N–H and O–H groups in total. The van der Waals surface area contributed by atoms with Crippen molar-refractivity contribution in [2.75, 3.05) is 12.4 Å². The molecule has 1 aromatic carbocycles. The van der Waals surface area contributed by atoms with Gasteiger partial charge in [-0.15, -0.1) is 0 Å². The summed E-state index contributed by atoms with van der Waals surface area (Å²) < 4.78 is 8.20. The van der Waals surface area contributed by atoms with Crippen LogP contribution in [0, 0.1) is 0 Å². The number of nitrogens with zero attached hydrogens (tertiary/aromatic N) is 1. The number of rotatable bonds is 5. The Hall–Kier alpha value is -0.430. The van der Waals surface area contributed by atoms with Crippen LogP contribution in [-0.4, -0.2) is 12.1 Å². The summed E-state index contributed by atoms with van der Waals surface area (Å²) in [5.74, 6) is 0. The molecule has 2 rings (SSSR count). The van der Waals surface area contributed by atoms with Crippen LogP contribution in [-0.2, 0) is 17.9 Å². The number of pyridine rings is 1. The molecule has 0 radical (unpaired) electrons. The molecule has 2 aromatic rings. The zero-order chi connectivity index (χ0) is 14.5. The molecule has 3 nitrogen and oxygen atoms in total. The van der Waals surface area contributed by atoms with Crippen molar-refractivity contribution in [3.8, 4) is 0 Å². The number of halogens is 3. The lowest BCUT2D eigenvalue weighted by Gasteiger charge is -2.13. The predicted molar refractivity (Wildman–Crippen MR) is 91.8 cm³/mol. The van der Waals surface area contributed by atoms with Crippen molar-refractivity contribution in [2.45, 2.75) is 13.2 Å². The first-order chi connectivity index (χ1) is 9.61. The van der Waals surface area contributed by atoms with Gasteiger partial charge in [0.2, 0.25) is 0 Å². The molecule has 0 saturated heterocycles. The van der Waals surface area contributed by atoms with Crippen LogP contribution in [0.3, 0.4) is 0 Å². The molecule has 6 heteroatoms. The number of nitrogens with one attached hydrogen (secondary N) is 1. The number of aromatic nitrogens is 1. The molecule has 0 unspecified atom stereocenters.